The number of fused-ring (bicyclic) bond motifs is 7. The van der Waals surface area contributed by atoms with E-state index in [0.717, 1.165) is 24.8 Å². The molecule has 34 heavy (non-hydrogen) atoms. The maximum absolute atomic E-state index is 13.9. The largest absolute Gasteiger partial charge is 0.393 e. The maximum atomic E-state index is 13.9. The standard InChI is InChI=1S/C26H30N2O5S/c1-24-7-6-16(29)10-15(24)4-5-17-18-11-21-26(33-14-32-21,25(18,2)12-19(30)22(17)24)20(31)13-34-23-27-8-3-9-28-23/h3,6-10,17-19,21-22,30H,4-5,11-14H2,1-2H3/t17?,18?,19-,21+,22?,24?,25?,26+/m0/s1. The number of rotatable bonds is 4. The van der Waals surface area contributed by atoms with E-state index in [9.17, 15) is 14.7 Å². The third-order valence-electron chi connectivity index (χ3n) is 9.50. The van der Waals surface area contributed by atoms with E-state index >= 15 is 0 Å². The van der Waals surface area contributed by atoms with Crippen molar-refractivity contribution in [2.45, 2.75) is 62.5 Å². The molecule has 0 aromatic carbocycles. The van der Waals surface area contributed by atoms with Crippen LogP contribution in [0.4, 0.5) is 0 Å². The molecular formula is C26H30N2O5S. The first-order valence-electron chi connectivity index (χ1n) is 12.1. The molecular weight excluding hydrogens is 452 g/mol. The molecule has 1 aliphatic heterocycles. The van der Waals surface area contributed by atoms with Crippen molar-refractivity contribution in [1.29, 1.82) is 0 Å². The number of aliphatic hydroxyl groups is 1. The summed E-state index contributed by atoms with van der Waals surface area (Å²) in [6.45, 7) is 4.39. The van der Waals surface area contributed by atoms with Gasteiger partial charge in [-0.3, -0.25) is 9.59 Å². The SMILES string of the molecule is CC12C=CC(=O)C=C1CCC1C2[C@@H](O)CC2(C)C1C[C@H]1OCO[C@]12C(=O)CSc1ncccn1. The minimum atomic E-state index is -1.07. The zero-order chi connectivity index (χ0) is 23.7. The van der Waals surface area contributed by atoms with E-state index in [4.69, 9.17) is 9.47 Å². The highest BCUT2D eigenvalue weighted by molar-refractivity contribution is 7.99. The Labute approximate surface area is 203 Å². The summed E-state index contributed by atoms with van der Waals surface area (Å²) < 4.78 is 12.3. The lowest BCUT2D eigenvalue weighted by Crippen LogP contribution is -2.63. The van der Waals surface area contributed by atoms with E-state index in [1.807, 2.05) is 6.08 Å². The van der Waals surface area contributed by atoms with Crippen LogP contribution in [-0.4, -0.2) is 57.0 Å². The van der Waals surface area contributed by atoms with E-state index in [1.54, 1.807) is 30.6 Å². The molecule has 0 spiro atoms. The molecule has 1 aromatic heterocycles. The van der Waals surface area contributed by atoms with E-state index < -0.39 is 17.1 Å². The summed E-state index contributed by atoms with van der Waals surface area (Å²) in [7, 11) is 0. The Bertz CT molecular complexity index is 1090. The lowest BCUT2D eigenvalue weighted by atomic mass is 9.46. The molecule has 180 valence electrons. The first-order chi connectivity index (χ1) is 16.3. The van der Waals surface area contributed by atoms with Crippen LogP contribution < -0.4 is 0 Å². The van der Waals surface area contributed by atoms with Gasteiger partial charge in [-0.25, -0.2) is 9.97 Å². The van der Waals surface area contributed by atoms with Gasteiger partial charge >= 0.3 is 0 Å². The number of thioether (sulfide) groups is 1. The molecule has 8 heteroatoms. The van der Waals surface area contributed by atoms with E-state index in [1.165, 1.54) is 11.8 Å². The Kier molecular flexibility index (Phi) is 5.19. The van der Waals surface area contributed by atoms with Crippen LogP contribution in [0.25, 0.3) is 0 Å². The van der Waals surface area contributed by atoms with Crippen molar-refractivity contribution in [3.63, 3.8) is 0 Å². The van der Waals surface area contributed by atoms with Crippen molar-refractivity contribution in [3.8, 4) is 0 Å². The Hall–Kier alpha value is -1.87. The van der Waals surface area contributed by atoms with E-state index in [-0.39, 0.29) is 53.4 Å². The number of aliphatic hydroxyl groups excluding tert-OH is 1. The number of Topliss-reactive ketones (excluding diaryl/α,β-unsaturated/α-hetero) is 1. The molecule has 8 atom stereocenters. The molecule has 2 heterocycles. The summed E-state index contributed by atoms with van der Waals surface area (Å²) in [6, 6.07) is 1.75. The Morgan fingerprint density at radius 3 is 2.88 bits per heavy atom. The molecule has 1 N–H and O–H groups in total. The van der Waals surface area contributed by atoms with Crippen LogP contribution in [0, 0.1) is 28.6 Å². The number of hydrogen-bond acceptors (Lipinski definition) is 8. The van der Waals surface area contributed by atoms with Gasteiger partial charge in [0, 0.05) is 29.1 Å². The lowest BCUT2D eigenvalue weighted by molar-refractivity contribution is -0.182. The van der Waals surface area contributed by atoms with Crippen LogP contribution in [0.1, 0.15) is 39.5 Å². The monoisotopic (exact) mass is 482 g/mol. The van der Waals surface area contributed by atoms with Crippen LogP contribution in [0.5, 0.6) is 0 Å². The smallest absolute Gasteiger partial charge is 0.187 e. The molecule has 7 nitrogen and oxygen atoms in total. The van der Waals surface area contributed by atoms with Gasteiger partial charge in [0.1, 0.15) is 6.79 Å². The second-order valence-electron chi connectivity index (χ2n) is 10.8. The predicted octanol–water partition coefficient (Wildman–Crippen LogP) is 3.14. The minimum Gasteiger partial charge on any atom is -0.393 e. The van der Waals surface area contributed by atoms with Crippen molar-refractivity contribution < 1.29 is 24.2 Å². The van der Waals surface area contributed by atoms with Gasteiger partial charge in [0.2, 0.25) is 0 Å². The number of aromatic nitrogens is 2. The Morgan fingerprint density at radius 1 is 1.29 bits per heavy atom. The number of ether oxygens (including phenoxy) is 2. The average molecular weight is 483 g/mol. The molecule has 0 radical (unpaired) electrons. The molecule has 5 unspecified atom stereocenters. The Balaban J connectivity index is 1.33. The number of carbonyl (C=O) groups excluding carboxylic acids is 2. The molecule has 5 aliphatic rings. The molecule has 0 bridgehead atoms. The van der Waals surface area contributed by atoms with Crippen LogP contribution >= 0.6 is 11.8 Å². The topological polar surface area (TPSA) is 98.6 Å². The predicted molar refractivity (Wildman–Crippen MR) is 125 cm³/mol. The molecule has 0 amide bonds. The second kappa shape index (κ2) is 7.82. The highest BCUT2D eigenvalue weighted by Gasteiger charge is 2.74. The first kappa shape index (κ1) is 22.6. The quantitative estimate of drug-likeness (QED) is 0.516. The number of ketones is 2. The third-order valence-corrected chi connectivity index (χ3v) is 10.4. The van der Waals surface area contributed by atoms with Crippen LogP contribution in [-0.2, 0) is 19.1 Å². The van der Waals surface area contributed by atoms with Gasteiger partial charge < -0.3 is 14.6 Å². The summed E-state index contributed by atoms with van der Waals surface area (Å²) in [5.41, 5.74) is -0.815. The number of carbonyl (C=O) groups is 2. The zero-order valence-electron chi connectivity index (χ0n) is 19.5. The summed E-state index contributed by atoms with van der Waals surface area (Å²) in [5.74, 6) is 0.648. The third kappa shape index (κ3) is 2.95. The van der Waals surface area contributed by atoms with E-state index in [2.05, 4.69) is 23.8 Å². The molecule has 3 saturated carbocycles. The van der Waals surface area contributed by atoms with Gasteiger partial charge in [-0.15, -0.1) is 0 Å². The van der Waals surface area contributed by atoms with Crippen molar-refractivity contribution in [1.82, 2.24) is 9.97 Å². The highest BCUT2D eigenvalue weighted by atomic mass is 32.2. The van der Waals surface area contributed by atoms with Crippen molar-refractivity contribution in [3.05, 3.63) is 42.3 Å². The molecule has 1 saturated heterocycles. The van der Waals surface area contributed by atoms with Gasteiger partial charge in [-0.2, -0.15) is 0 Å². The highest BCUT2D eigenvalue weighted by Crippen LogP contribution is 2.69. The summed E-state index contributed by atoms with van der Waals surface area (Å²) in [4.78, 5) is 34.4. The fourth-order valence-electron chi connectivity index (χ4n) is 8.13. The van der Waals surface area contributed by atoms with Crippen LogP contribution in [0.2, 0.25) is 0 Å². The molecule has 6 rings (SSSR count). The molecule has 4 fully saturated rings. The van der Waals surface area contributed by atoms with Crippen molar-refractivity contribution in [2.75, 3.05) is 12.5 Å². The number of hydrogen-bond donors (Lipinski definition) is 1. The fraction of sp³-hybridized carbons (Fsp3) is 0.615. The summed E-state index contributed by atoms with van der Waals surface area (Å²) in [5, 5.41) is 12.2. The fourth-order valence-corrected chi connectivity index (χ4v) is 8.87. The first-order valence-corrected chi connectivity index (χ1v) is 13.1. The second-order valence-corrected chi connectivity index (χ2v) is 11.8. The average Bonchev–Trinajstić information content (AvgIpc) is 3.35. The molecule has 1 aromatic rings. The molecule has 4 aliphatic carbocycles. The van der Waals surface area contributed by atoms with Crippen molar-refractivity contribution >= 4 is 23.3 Å². The van der Waals surface area contributed by atoms with Crippen LogP contribution in [0.15, 0.2) is 47.4 Å². The summed E-state index contributed by atoms with van der Waals surface area (Å²) in [6.07, 6.45) is 10.8. The Morgan fingerprint density at radius 2 is 2.09 bits per heavy atom. The van der Waals surface area contributed by atoms with E-state index in [0.29, 0.717) is 11.6 Å². The van der Waals surface area contributed by atoms with Gasteiger partial charge in [-0.1, -0.05) is 37.3 Å². The van der Waals surface area contributed by atoms with Crippen LogP contribution in [0.3, 0.4) is 0 Å². The maximum Gasteiger partial charge on any atom is 0.187 e. The van der Waals surface area contributed by atoms with Gasteiger partial charge in [0.05, 0.1) is 18.0 Å². The zero-order valence-corrected chi connectivity index (χ0v) is 20.3. The number of nitrogens with zero attached hydrogens (tertiary/aromatic N) is 2. The minimum absolute atomic E-state index is 0.00568. The lowest BCUT2D eigenvalue weighted by Gasteiger charge is -2.59. The van der Waals surface area contributed by atoms with Gasteiger partial charge in [0.15, 0.2) is 22.3 Å². The van der Waals surface area contributed by atoms with Crippen molar-refractivity contribution in [2.24, 2.45) is 28.6 Å². The number of allylic oxidation sites excluding steroid dienone is 4. The normalized spacial score (nSPS) is 44.6. The van der Waals surface area contributed by atoms with Gasteiger partial charge in [0.25, 0.3) is 0 Å². The summed E-state index contributed by atoms with van der Waals surface area (Å²) >= 11 is 1.32. The van der Waals surface area contributed by atoms with Gasteiger partial charge in [-0.05, 0) is 55.7 Å².